The second-order valence-electron chi connectivity index (χ2n) is 9.08. The number of nitrogens with zero attached hydrogens (tertiary/aromatic N) is 1. The van der Waals surface area contributed by atoms with Gasteiger partial charge in [0.2, 0.25) is 0 Å². The number of hydrogen-bond donors (Lipinski definition) is 3. The lowest BCUT2D eigenvalue weighted by Crippen LogP contribution is -2.65. The summed E-state index contributed by atoms with van der Waals surface area (Å²) in [6.45, 7) is 4.36. The first-order chi connectivity index (χ1) is 12.8. The number of quaternary nitrogens is 1. The molecule has 0 radical (unpaired) electrons. The highest BCUT2D eigenvalue weighted by Crippen LogP contribution is 2.21. The van der Waals surface area contributed by atoms with Crippen LogP contribution in [-0.2, 0) is 0 Å². The molecule has 0 heterocycles. The maximum absolute atomic E-state index is 10.0. The van der Waals surface area contributed by atoms with Crippen molar-refractivity contribution in [2.45, 2.75) is 129 Å². The van der Waals surface area contributed by atoms with Crippen molar-refractivity contribution >= 4 is 0 Å². The van der Waals surface area contributed by atoms with Crippen LogP contribution >= 0.6 is 0 Å². The van der Waals surface area contributed by atoms with Gasteiger partial charge in [0.05, 0.1) is 20.6 Å². The molecule has 0 bridgehead atoms. The molecular formula is C23H50NO3+. The largest absolute Gasteiger partial charge is 0.381 e. The van der Waals surface area contributed by atoms with E-state index >= 15 is 0 Å². The van der Waals surface area contributed by atoms with Crippen molar-refractivity contribution in [3.63, 3.8) is 0 Å². The standard InChI is InChI=1S/C23H50NO3/c1-5-6-7-8-9-10-11-12-13-14-15-16-17-18-19-20-21-24(3,4)23(26,27)22(2)25/h22,25-27H,5-21H2,1-4H3/q+1. The number of aliphatic hydroxyl groups excluding tert-OH is 1. The zero-order valence-corrected chi connectivity index (χ0v) is 18.9. The normalized spacial score (nSPS) is 13.9. The summed E-state index contributed by atoms with van der Waals surface area (Å²) in [5.41, 5.74) is 0. The van der Waals surface area contributed by atoms with E-state index in [1.165, 1.54) is 96.8 Å². The number of likely N-dealkylation sites (N-methyl/N-ethyl adjacent to an activating group) is 1. The van der Waals surface area contributed by atoms with Crippen LogP contribution in [0.1, 0.15) is 117 Å². The Kier molecular flexibility index (Phi) is 15.6. The van der Waals surface area contributed by atoms with Gasteiger partial charge in [-0.25, -0.2) is 0 Å². The quantitative estimate of drug-likeness (QED) is 0.159. The van der Waals surface area contributed by atoms with Crippen LogP contribution < -0.4 is 0 Å². The molecule has 0 saturated carbocycles. The maximum Gasteiger partial charge on any atom is 0.340 e. The van der Waals surface area contributed by atoms with Crippen molar-refractivity contribution in [1.82, 2.24) is 0 Å². The molecule has 0 aromatic heterocycles. The molecule has 0 aliphatic heterocycles. The summed E-state index contributed by atoms with van der Waals surface area (Å²) in [5, 5.41) is 29.6. The van der Waals surface area contributed by atoms with Crippen molar-refractivity contribution in [1.29, 1.82) is 0 Å². The van der Waals surface area contributed by atoms with E-state index in [4.69, 9.17) is 0 Å². The fourth-order valence-electron chi connectivity index (χ4n) is 3.73. The van der Waals surface area contributed by atoms with Crippen LogP contribution in [-0.4, -0.2) is 52.5 Å². The SMILES string of the molecule is CCCCCCCCCCCCCCCCCC[N+](C)(C)C(O)(O)C(C)O. The Morgan fingerprint density at radius 2 is 0.926 bits per heavy atom. The van der Waals surface area contributed by atoms with Crippen LogP contribution in [0.2, 0.25) is 0 Å². The molecule has 0 aliphatic rings. The van der Waals surface area contributed by atoms with Crippen LogP contribution in [0.4, 0.5) is 0 Å². The molecule has 0 aromatic rings. The molecule has 3 N–H and O–H groups in total. The molecule has 27 heavy (non-hydrogen) atoms. The third-order valence-electron chi connectivity index (χ3n) is 6.02. The summed E-state index contributed by atoms with van der Waals surface area (Å²) in [6.07, 6.45) is 20.2. The fraction of sp³-hybridized carbons (Fsp3) is 1.00. The summed E-state index contributed by atoms with van der Waals surface area (Å²) < 4.78 is 0.0171. The van der Waals surface area contributed by atoms with Crippen molar-refractivity contribution in [2.75, 3.05) is 20.6 Å². The van der Waals surface area contributed by atoms with Crippen molar-refractivity contribution in [3.8, 4) is 0 Å². The van der Waals surface area contributed by atoms with Gasteiger partial charge >= 0.3 is 5.91 Å². The predicted molar refractivity (Wildman–Crippen MR) is 115 cm³/mol. The second kappa shape index (κ2) is 15.7. The topological polar surface area (TPSA) is 60.7 Å². The highest BCUT2D eigenvalue weighted by Gasteiger charge is 2.46. The Balaban J connectivity index is 3.39. The van der Waals surface area contributed by atoms with Gasteiger partial charge in [-0.05, 0) is 19.8 Å². The molecule has 0 rings (SSSR count). The minimum absolute atomic E-state index is 0.0171. The molecular weight excluding hydrogens is 338 g/mol. The molecule has 0 aliphatic carbocycles. The first-order valence-corrected chi connectivity index (χ1v) is 11.7. The second-order valence-corrected chi connectivity index (χ2v) is 9.08. The van der Waals surface area contributed by atoms with Crippen LogP contribution in [0.25, 0.3) is 0 Å². The average Bonchev–Trinajstić information content (AvgIpc) is 2.61. The lowest BCUT2D eigenvalue weighted by Gasteiger charge is -2.42. The zero-order valence-electron chi connectivity index (χ0n) is 18.9. The first-order valence-electron chi connectivity index (χ1n) is 11.7. The van der Waals surface area contributed by atoms with E-state index in [1.54, 1.807) is 14.1 Å². The van der Waals surface area contributed by atoms with Crippen LogP contribution in [0.5, 0.6) is 0 Å². The lowest BCUT2D eigenvalue weighted by atomic mass is 10.0. The molecule has 1 atom stereocenters. The zero-order chi connectivity index (χ0) is 20.6. The Hall–Kier alpha value is -0.160. The third kappa shape index (κ3) is 12.8. The maximum atomic E-state index is 10.0. The van der Waals surface area contributed by atoms with Gasteiger partial charge in [-0.15, -0.1) is 0 Å². The lowest BCUT2D eigenvalue weighted by molar-refractivity contribution is -0.999. The van der Waals surface area contributed by atoms with Gasteiger partial charge in [-0.3, -0.25) is 4.48 Å². The molecule has 4 nitrogen and oxygen atoms in total. The van der Waals surface area contributed by atoms with Crippen LogP contribution in [0.3, 0.4) is 0 Å². The van der Waals surface area contributed by atoms with E-state index in [0.29, 0.717) is 6.54 Å². The summed E-state index contributed by atoms with van der Waals surface area (Å²) >= 11 is 0. The van der Waals surface area contributed by atoms with Gasteiger partial charge in [0, 0.05) is 0 Å². The average molecular weight is 389 g/mol. The van der Waals surface area contributed by atoms with Crippen LogP contribution in [0.15, 0.2) is 0 Å². The number of unbranched alkanes of at least 4 members (excludes halogenated alkanes) is 15. The summed E-state index contributed by atoms with van der Waals surface area (Å²) in [6, 6.07) is 0. The van der Waals surface area contributed by atoms with Gasteiger partial charge in [-0.1, -0.05) is 96.8 Å². The van der Waals surface area contributed by atoms with E-state index in [1.807, 2.05) is 0 Å². The molecule has 1 unspecified atom stereocenters. The molecule has 0 saturated heterocycles. The molecule has 0 spiro atoms. The highest BCUT2D eigenvalue weighted by molar-refractivity contribution is 4.60. The molecule has 4 heteroatoms. The van der Waals surface area contributed by atoms with E-state index in [0.717, 1.165) is 12.8 Å². The monoisotopic (exact) mass is 388 g/mol. The Bertz CT molecular complexity index is 330. The minimum atomic E-state index is -2.07. The fourth-order valence-corrected chi connectivity index (χ4v) is 3.73. The number of aliphatic hydroxyl groups is 3. The van der Waals surface area contributed by atoms with Crippen molar-refractivity contribution in [2.24, 2.45) is 0 Å². The van der Waals surface area contributed by atoms with Gasteiger partial charge in [0.1, 0.15) is 0 Å². The van der Waals surface area contributed by atoms with Crippen LogP contribution in [0, 0.1) is 0 Å². The molecule has 164 valence electrons. The van der Waals surface area contributed by atoms with Gasteiger partial charge < -0.3 is 15.3 Å². The van der Waals surface area contributed by atoms with Gasteiger partial charge in [0.15, 0.2) is 6.10 Å². The van der Waals surface area contributed by atoms with Crippen molar-refractivity contribution in [3.05, 3.63) is 0 Å². The Morgan fingerprint density at radius 1 is 0.630 bits per heavy atom. The third-order valence-corrected chi connectivity index (χ3v) is 6.02. The van der Waals surface area contributed by atoms with E-state index in [2.05, 4.69) is 6.92 Å². The summed E-state index contributed by atoms with van der Waals surface area (Å²) in [4.78, 5) is 0. The van der Waals surface area contributed by atoms with Gasteiger partial charge in [0.25, 0.3) is 0 Å². The number of rotatable bonds is 19. The van der Waals surface area contributed by atoms with E-state index in [9.17, 15) is 15.3 Å². The summed E-state index contributed by atoms with van der Waals surface area (Å²) in [5.74, 6) is -2.07. The van der Waals surface area contributed by atoms with E-state index in [-0.39, 0.29) is 4.48 Å². The first kappa shape index (κ1) is 26.8. The molecule has 0 aromatic carbocycles. The Morgan fingerprint density at radius 3 is 1.22 bits per heavy atom. The number of hydrogen-bond acceptors (Lipinski definition) is 3. The smallest absolute Gasteiger partial charge is 0.340 e. The summed E-state index contributed by atoms with van der Waals surface area (Å²) in [7, 11) is 3.52. The van der Waals surface area contributed by atoms with E-state index < -0.39 is 12.0 Å². The molecule has 0 fully saturated rings. The van der Waals surface area contributed by atoms with Gasteiger partial charge in [-0.2, -0.15) is 0 Å². The highest BCUT2D eigenvalue weighted by atomic mass is 16.6. The molecule has 0 amide bonds. The van der Waals surface area contributed by atoms with Crippen molar-refractivity contribution < 1.29 is 19.8 Å². The Labute approximate surface area is 169 Å². The minimum Gasteiger partial charge on any atom is -0.381 e. The predicted octanol–water partition coefficient (Wildman–Crippen LogP) is 5.34.